The lowest BCUT2D eigenvalue weighted by molar-refractivity contribution is 0.0984. The van der Waals surface area contributed by atoms with Gasteiger partial charge >= 0.3 is 0 Å². The third-order valence-corrected chi connectivity index (χ3v) is 6.08. The van der Waals surface area contributed by atoms with Crippen molar-refractivity contribution in [3.63, 3.8) is 0 Å². The van der Waals surface area contributed by atoms with E-state index in [0.717, 1.165) is 14.9 Å². The molecule has 0 unspecified atom stereocenters. The van der Waals surface area contributed by atoms with Crippen molar-refractivity contribution < 1.29 is 14.3 Å². The van der Waals surface area contributed by atoms with Gasteiger partial charge in [0.15, 0.2) is 5.13 Å². The Morgan fingerprint density at radius 1 is 1.07 bits per heavy atom. The number of rotatable bonds is 6. The molecule has 0 aliphatic carbocycles. The molecule has 4 rings (SSSR count). The predicted octanol–water partition coefficient (Wildman–Crippen LogP) is 5.32. The number of thiazole rings is 1. The van der Waals surface area contributed by atoms with E-state index in [9.17, 15) is 4.79 Å². The van der Waals surface area contributed by atoms with E-state index in [-0.39, 0.29) is 12.5 Å². The Bertz CT molecular complexity index is 1160. The van der Waals surface area contributed by atoms with Crippen molar-refractivity contribution in [1.82, 2.24) is 9.97 Å². The van der Waals surface area contributed by atoms with Gasteiger partial charge in [0.05, 0.1) is 26.5 Å². The van der Waals surface area contributed by atoms with E-state index in [0.29, 0.717) is 27.7 Å². The van der Waals surface area contributed by atoms with Crippen LogP contribution in [0.3, 0.4) is 0 Å². The van der Waals surface area contributed by atoms with Crippen LogP contribution in [0, 0.1) is 0 Å². The average Bonchev–Trinajstić information content (AvgIpc) is 3.22. The summed E-state index contributed by atoms with van der Waals surface area (Å²) in [6.07, 6.45) is 1.71. The first-order chi connectivity index (χ1) is 14.6. The number of anilines is 1. The van der Waals surface area contributed by atoms with Gasteiger partial charge in [0.25, 0.3) is 5.91 Å². The summed E-state index contributed by atoms with van der Waals surface area (Å²) in [5.41, 5.74) is 1.97. The molecule has 4 aromatic rings. The Labute approximate surface area is 186 Å². The summed E-state index contributed by atoms with van der Waals surface area (Å²) in [5, 5.41) is 0.545. The Hall–Kier alpha value is -2.97. The number of hydrogen-bond acceptors (Lipinski definition) is 6. The van der Waals surface area contributed by atoms with Crippen molar-refractivity contribution in [2.75, 3.05) is 19.1 Å². The Morgan fingerprint density at radius 3 is 2.57 bits per heavy atom. The third kappa shape index (κ3) is 4.01. The zero-order chi connectivity index (χ0) is 21.1. The highest BCUT2D eigenvalue weighted by atomic mass is 79.9. The lowest BCUT2D eigenvalue weighted by Crippen LogP contribution is -2.30. The molecule has 0 aliphatic rings. The fourth-order valence-corrected chi connectivity index (χ4v) is 4.52. The molecule has 152 valence electrons. The van der Waals surface area contributed by atoms with Gasteiger partial charge in [-0.3, -0.25) is 14.7 Å². The number of methoxy groups -OCH3 is 2. The normalized spacial score (nSPS) is 10.8. The molecule has 0 N–H and O–H groups in total. The van der Waals surface area contributed by atoms with Gasteiger partial charge in [0.1, 0.15) is 21.7 Å². The molecule has 8 heteroatoms. The van der Waals surface area contributed by atoms with E-state index < -0.39 is 0 Å². The fraction of sp³-hybridized carbons (Fsp3) is 0.136. The van der Waals surface area contributed by atoms with Gasteiger partial charge in [-0.25, -0.2) is 4.98 Å². The van der Waals surface area contributed by atoms with Crippen LogP contribution in [0.15, 0.2) is 65.3 Å². The van der Waals surface area contributed by atoms with Crippen LogP contribution in [0.25, 0.3) is 10.2 Å². The number of nitrogens with zero attached hydrogens (tertiary/aromatic N) is 3. The third-order valence-electron chi connectivity index (χ3n) is 4.49. The Balaban J connectivity index is 1.84. The van der Waals surface area contributed by atoms with Gasteiger partial charge in [0, 0.05) is 16.2 Å². The van der Waals surface area contributed by atoms with Crippen molar-refractivity contribution >= 4 is 48.5 Å². The molecule has 6 nitrogen and oxygen atoms in total. The molecular weight excluding hydrogens is 466 g/mol. The molecule has 0 atom stereocenters. The van der Waals surface area contributed by atoms with Gasteiger partial charge in [-0.2, -0.15) is 0 Å². The van der Waals surface area contributed by atoms with Gasteiger partial charge in [-0.05, 0) is 42.5 Å². The van der Waals surface area contributed by atoms with Crippen molar-refractivity contribution in [3.05, 3.63) is 76.5 Å². The summed E-state index contributed by atoms with van der Waals surface area (Å²) in [6.45, 7) is 0.288. The van der Waals surface area contributed by atoms with Crippen molar-refractivity contribution in [2.24, 2.45) is 0 Å². The van der Waals surface area contributed by atoms with Crippen LogP contribution >= 0.6 is 27.3 Å². The predicted molar refractivity (Wildman–Crippen MR) is 122 cm³/mol. The molecule has 0 radical (unpaired) electrons. The molecule has 0 saturated carbocycles. The zero-order valence-corrected chi connectivity index (χ0v) is 18.7. The number of fused-ring (bicyclic) bond motifs is 1. The largest absolute Gasteiger partial charge is 0.495 e. The standard InChI is InChI=1S/C22H18BrN3O3S/c1-28-17-9-10-18(29-2)20-19(17)25-22(30-20)26(13-16-8-3-4-11-24-16)21(27)14-6-5-7-15(23)12-14/h3-12H,13H2,1-2H3. The van der Waals surface area contributed by atoms with E-state index in [4.69, 9.17) is 14.5 Å². The maximum absolute atomic E-state index is 13.5. The highest BCUT2D eigenvalue weighted by Crippen LogP contribution is 2.40. The maximum Gasteiger partial charge on any atom is 0.260 e. The zero-order valence-electron chi connectivity index (χ0n) is 16.3. The van der Waals surface area contributed by atoms with Crippen LogP contribution in [0.1, 0.15) is 16.1 Å². The van der Waals surface area contributed by atoms with Crippen LogP contribution in [-0.2, 0) is 6.54 Å². The fourth-order valence-electron chi connectivity index (χ4n) is 3.05. The number of carbonyl (C=O) groups excluding carboxylic acids is 1. The lowest BCUT2D eigenvalue weighted by atomic mass is 10.2. The molecule has 2 aromatic heterocycles. The van der Waals surface area contributed by atoms with E-state index >= 15 is 0 Å². The van der Waals surface area contributed by atoms with Crippen LogP contribution in [0.4, 0.5) is 5.13 Å². The van der Waals surface area contributed by atoms with Crippen LogP contribution in [0.2, 0.25) is 0 Å². The lowest BCUT2D eigenvalue weighted by Gasteiger charge is -2.19. The summed E-state index contributed by atoms with van der Waals surface area (Å²) < 4.78 is 12.6. The molecule has 0 fully saturated rings. The van der Waals surface area contributed by atoms with Crippen molar-refractivity contribution in [3.8, 4) is 11.5 Å². The Kier molecular flexibility index (Phi) is 5.96. The molecule has 0 bridgehead atoms. The molecule has 2 aromatic carbocycles. The second-order valence-corrected chi connectivity index (χ2v) is 8.26. The summed E-state index contributed by atoms with van der Waals surface area (Å²) in [4.78, 5) is 24.2. The van der Waals surface area contributed by atoms with Crippen LogP contribution < -0.4 is 14.4 Å². The molecule has 0 spiro atoms. The van der Waals surface area contributed by atoms with Crippen molar-refractivity contribution in [1.29, 1.82) is 0 Å². The first-order valence-corrected chi connectivity index (χ1v) is 10.7. The monoisotopic (exact) mass is 483 g/mol. The Morgan fingerprint density at radius 2 is 1.87 bits per heavy atom. The minimum absolute atomic E-state index is 0.168. The number of aromatic nitrogens is 2. The topological polar surface area (TPSA) is 64.6 Å². The summed E-state index contributed by atoms with van der Waals surface area (Å²) in [6, 6.07) is 16.6. The average molecular weight is 484 g/mol. The SMILES string of the molecule is COc1ccc(OC)c2sc(N(Cc3ccccn3)C(=O)c3cccc(Br)c3)nc12. The first-order valence-electron chi connectivity index (χ1n) is 9.09. The molecule has 0 saturated heterocycles. The van der Waals surface area contributed by atoms with Crippen LogP contribution in [0.5, 0.6) is 11.5 Å². The summed E-state index contributed by atoms with van der Waals surface area (Å²) in [7, 11) is 3.21. The number of halogens is 1. The van der Waals surface area contributed by atoms with Gasteiger partial charge in [-0.1, -0.05) is 39.4 Å². The maximum atomic E-state index is 13.5. The number of hydrogen-bond donors (Lipinski definition) is 0. The summed E-state index contributed by atoms with van der Waals surface area (Å²) >= 11 is 4.82. The summed E-state index contributed by atoms with van der Waals surface area (Å²) in [5.74, 6) is 1.14. The van der Waals surface area contributed by atoms with Gasteiger partial charge < -0.3 is 9.47 Å². The minimum atomic E-state index is -0.168. The molecule has 2 heterocycles. The highest BCUT2D eigenvalue weighted by Gasteiger charge is 2.24. The number of amides is 1. The minimum Gasteiger partial charge on any atom is -0.495 e. The second-order valence-electron chi connectivity index (χ2n) is 6.37. The molecule has 30 heavy (non-hydrogen) atoms. The van der Waals surface area contributed by atoms with Gasteiger partial charge in [-0.15, -0.1) is 0 Å². The molecule has 0 aliphatic heterocycles. The van der Waals surface area contributed by atoms with Gasteiger partial charge in [0.2, 0.25) is 0 Å². The molecular formula is C22H18BrN3O3S. The quantitative estimate of drug-likeness (QED) is 0.371. The molecule has 1 amide bonds. The number of benzene rings is 2. The van der Waals surface area contributed by atoms with E-state index in [2.05, 4.69) is 20.9 Å². The first kappa shape index (κ1) is 20.3. The van der Waals surface area contributed by atoms with Crippen molar-refractivity contribution in [2.45, 2.75) is 6.54 Å². The highest BCUT2D eigenvalue weighted by molar-refractivity contribution is 9.10. The smallest absolute Gasteiger partial charge is 0.260 e. The number of carbonyl (C=O) groups is 1. The van der Waals surface area contributed by atoms with Crippen LogP contribution in [-0.4, -0.2) is 30.1 Å². The van der Waals surface area contributed by atoms with E-state index in [1.807, 2.05) is 42.5 Å². The second kappa shape index (κ2) is 8.81. The van der Waals surface area contributed by atoms with E-state index in [1.165, 1.54) is 11.3 Å². The van der Waals surface area contributed by atoms with E-state index in [1.54, 1.807) is 37.4 Å². The number of pyridine rings is 1. The number of ether oxygens (including phenoxy) is 2.